The van der Waals surface area contributed by atoms with Gasteiger partial charge in [0.25, 0.3) is 0 Å². The second kappa shape index (κ2) is 8.38. The Hall–Kier alpha value is -2.80. The molecule has 5 rings (SSSR count). The van der Waals surface area contributed by atoms with E-state index in [-0.39, 0.29) is 0 Å². The second-order valence-corrected chi connectivity index (χ2v) is 10.7. The number of nitrogen functional groups attached to an aromatic ring is 1. The van der Waals surface area contributed by atoms with Crippen LogP contribution < -0.4 is 11.1 Å². The predicted molar refractivity (Wildman–Crippen MR) is 128 cm³/mol. The minimum Gasteiger partial charge on any atom is -0.389 e. The molecule has 3 aromatic rings. The SMILES string of the molecule is N#Cc1c(N)sc2c1CCC(Nc1sc3c(c1C#N)CCC(c1ccccc1)C3)CC2. The van der Waals surface area contributed by atoms with Crippen LogP contribution in [0.1, 0.15) is 62.8 Å². The highest BCUT2D eigenvalue weighted by Crippen LogP contribution is 2.43. The van der Waals surface area contributed by atoms with Crippen LogP contribution in [0, 0.1) is 22.7 Å². The number of rotatable bonds is 3. The van der Waals surface area contributed by atoms with Crippen LogP contribution in [0.15, 0.2) is 30.3 Å². The first kappa shape index (κ1) is 20.1. The van der Waals surface area contributed by atoms with Crippen LogP contribution in [0.4, 0.5) is 10.0 Å². The molecule has 6 heteroatoms. The summed E-state index contributed by atoms with van der Waals surface area (Å²) in [6.45, 7) is 0. The van der Waals surface area contributed by atoms with Crippen molar-refractivity contribution >= 4 is 32.7 Å². The number of nitriles is 2. The van der Waals surface area contributed by atoms with E-state index in [0.29, 0.717) is 22.5 Å². The number of benzene rings is 1. The molecule has 156 valence electrons. The van der Waals surface area contributed by atoms with Gasteiger partial charge in [0, 0.05) is 15.8 Å². The van der Waals surface area contributed by atoms with Gasteiger partial charge in [-0.05, 0) is 67.6 Å². The number of hydrogen-bond acceptors (Lipinski definition) is 6. The van der Waals surface area contributed by atoms with Gasteiger partial charge in [0.15, 0.2) is 0 Å². The van der Waals surface area contributed by atoms with Gasteiger partial charge in [-0.15, -0.1) is 22.7 Å². The Labute approximate surface area is 191 Å². The van der Waals surface area contributed by atoms with E-state index in [4.69, 9.17) is 5.73 Å². The smallest absolute Gasteiger partial charge is 0.107 e. The molecule has 4 nitrogen and oxygen atoms in total. The van der Waals surface area contributed by atoms with Crippen LogP contribution in [0.25, 0.3) is 0 Å². The molecule has 2 unspecified atom stereocenters. The van der Waals surface area contributed by atoms with Crippen molar-refractivity contribution in [2.75, 3.05) is 11.1 Å². The third-order valence-electron chi connectivity index (χ3n) is 6.68. The zero-order chi connectivity index (χ0) is 21.4. The molecule has 2 atom stereocenters. The van der Waals surface area contributed by atoms with Crippen LogP contribution in [0.2, 0.25) is 0 Å². The molecule has 0 aliphatic heterocycles. The molecule has 0 bridgehead atoms. The normalized spacial score (nSPS) is 20.1. The van der Waals surface area contributed by atoms with E-state index in [1.807, 2.05) is 0 Å². The van der Waals surface area contributed by atoms with Gasteiger partial charge in [0.1, 0.15) is 22.1 Å². The Kier molecular flexibility index (Phi) is 5.44. The molecule has 2 aliphatic carbocycles. The van der Waals surface area contributed by atoms with Gasteiger partial charge in [0.2, 0.25) is 0 Å². The molecule has 1 aromatic carbocycles. The highest BCUT2D eigenvalue weighted by molar-refractivity contribution is 7.16. The number of anilines is 2. The van der Waals surface area contributed by atoms with Crippen molar-refractivity contribution in [3.8, 4) is 12.1 Å². The minimum absolute atomic E-state index is 0.310. The first-order chi connectivity index (χ1) is 15.2. The summed E-state index contributed by atoms with van der Waals surface area (Å²) in [5.74, 6) is 0.537. The average molecular weight is 445 g/mol. The summed E-state index contributed by atoms with van der Waals surface area (Å²) in [5, 5.41) is 24.8. The molecule has 2 aliphatic rings. The monoisotopic (exact) mass is 444 g/mol. The van der Waals surface area contributed by atoms with Gasteiger partial charge in [-0.3, -0.25) is 0 Å². The van der Waals surface area contributed by atoms with Crippen molar-refractivity contribution < 1.29 is 0 Å². The fraction of sp³-hybridized carbons (Fsp3) is 0.360. The second-order valence-electron chi connectivity index (χ2n) is 8.44. The van der Waals surface area contributed by atoms with Gasteiger partial charge in [0.05, 0.1) is 11.1 Å². The third-order valence-corrected chi connectivity index (χ3v) is 8.98. The summed E-state index contributed by atoms with van der Waals surface area (Å²) in [6.07, 6.45) is 6.86. The summed E-state index contributed by atoms with van der Waals surface area (Å²) in [6, 6.07) is 15.8. The molecule has 0 saturated heterocycles. The van der Waals surface area contributed by atoms with E-state index < -0.39 is 0 Å². The molecule has 3 N–H and O–H groups in total. The molecular formula is C25H24N4S2. The van der Waals surface area contributed by atoms with Crippen molar-refractivity contribution in [1.82, 2.24) is 0 Å². The number of nitrogens with zero attached hydrogens (tertiary/aromatic N) is 2. The molecule has 2 heterocycles. The maximum Gasteiger partial charge on any atom is 0.107 e. The maximum absolute atomic E-state index is 9.91. The highest BCUT2D eigenvalue weighted by Gasteiger charge is 2.28. The van der Waals surface area contributed by atoms with Crippen molar-refractivity contribution in [3.63, 3.8) is 0 Å². The topological polar surface area (TPSA) is 85.6 Å². The summed E-state index contributed by atoms with van der Waals surface area (Å²) >= 11 is 3.35. The molecule has 0 amide bonds. The largest absolute Gasteiger partial charge is 0.389 e. The maximum atomic E-state index is 9.91. The Balaban J connectivity index is 1.34. The van der Waals surface area contributed by atoms with E-state index >= 15 is 0 Å². The Morgan fingerprint density at radius 1 is 0.871 bits per heavy atom. The Morgan fingerprint density at radius 3 is 2.35 bits per heavy atom. The lowest BCUT2D eigenvalue weighted by molar-refractivity contribution is 0.592. The van der Waals surface area contributed by atoms with Crippen LogP contribution in [-0.2, 0) is 25.7 Å². The Bertz CT molecular complexity index is 1190. The van der Waals surface area contributed by atoms with Crippen LogP contribution >= 0.6 is 22.7 Å². The van der Waals surface area contributed by atoms with Crippen molar-refractivity contribution in [1.29, 1.82) is 10.5 Å². The highest BCUT2D eigenvalue weighted by atomic mass is 32.1. The summed E-state index contributed by atoms with van der Waals surface area (Å²) in [5.41, 5.74) is 11.4. The Morgan fingerprint density at radius 2 is 1.58 bits per heavy atom. The molecule has 0 fully saturated rings. The number of nitrogens with one attached hydrogen (secondary N) is 1. The van der Waals surface area contributed by atoms with Crippen molar-refractivity contribution in [3.05, 3.63) is 67.9 Å². The van der Waals surface area contributed by atoms with Crippen LogP contribution in [0.5, 0.6) is 0 Å². The zero-order valence-corrected chi connectivity index (χ0v) is 18.9. The van der Waals surface area contributed by atoms with Gasteiger partial charge in [-0.1, -0.05) is 30.3 Å². The number of aryl methyl sites for hydroxylation is 1. The lowest BCUT2D eigenvalue weighted by Crippen LogP contribution is -2.19. The number of thiophene rings is 2. The summed E-state index contributed by atoms with van der Waals surface area (Å²) < 4.78 is 0. The molecule has 0 saturated carbocycles. The first-order valence-electron chi connectivity index (χ1n) is 10.8. The van der Waals surface area contributed by atoms with Crippen molar-refractivity contribution in [2.24, 2.45) is 0 Å². The van der Waals surface area contributed by atoms with Gasteiger partial charge < -0.3 is 11.1 Å². The van der Waals surface area contributed by atoms with Gasteiger partial charge in [-0.25, -0.2) is 0 Å². The van der Waals surface area contributed by atoms with E-state index in [9.17, 15) is 10.5 Å². The summed E-state index contributed by atoms with van der Waals surface area (Å²) in [7, 11) is 0. The number of nitrogens with two attached hydrogens (primary N) is 1. The molecule has 31 heavy (non-hydrogen) atoms. The average Bonchev–Trinajstić information content (AvgIpc) is 3.23. The van der Waals surface area contributed by atoms with E-state index in [1.165, 1.54) is 20.9 Å². The van der Waals surface area contributed by atoms with E-state index in [2.05, 4.69) is 47.8 Å². The molecular weight excluding hydrogens is 420 g/mol. The lowest BCUT2D eigenvalue weighted by Gasteiger charge is -2.22. The number of fused-ring (bicyclic) bond motifs is 2. The predicted octanol–water partition coefficient (Wildman–Crippen LogP) is 5.77. The molecule has 0 spiro atoms. The van der Waals surface area contributed by atoms with Crippen molar-refractivity contribution in [2.45, 2.75) is 56.9 Å². The van der Waals surface area contributed by atoms with Crippen LogP contribution in [0.3, 0.4) is 0 Å². The third kappa shape index (κ3) is 3.71. The molecule has 0 radical (unpaired) electrons. The zero-order valence-electron chi connectivity index (χ0n) is 17.3. The van der Waals surface area contributed by atoms with Gasteiger partial charge >= 0.3 is 0 Å². The number of hydrogen-bond donors (Lipinski definition) is 2. The van der Waals surface area contributed by atoms with E-state index in [0.717, 1.165) is 61.1 Å². The van der Waals surface area contributed by atoms with E-state index in [1.54, 1.807) is 22.7 Å². The van der Waals surface area contributed by atoms with Gasteiger partial charge in [-0.2, -0.15) is 10.5 Å². The quantitative estimate of drug-likeness (QED) is 0.502. The molecule has 2 aromatic heterocycles. The standard InChI is InChI=1S/C25H24N4S2/c26-13-20-18-10-7-17(8-11-22(18)30-24(20)28)29-25-21(14-27)19-9-6-16(12-23(19)31-25)15-4-2-1-3-5-15/h1-5,16-17,29H,6-12,28H2. The first-order valence-corrected chi connectivity index (χ1v) is 12.5. The fourth-order valence-electron chi connectivity index (χ4n) is 5.04. The minimum atomic E-state index is 0.310. The summed E-state index contributed by atoms with van der Waals surface area (Å²) in [4.78, 5) is 2.63. The lowest BCUT2D eigenvalue weighted by atomic mass is 9.83. The fourth-order valence-corrected chi connectivity index (χ4v) is 7.47. The van der Waals surface area contributed by atoms with Crippen LogP contribution in [-0.4, -0.2) is 6.04 Å².